The van der Waals surface area contributed by atoms with Crippen molar-refractivity contribution in [2.75, 3.05) is 0 Å². The molecule has 2 N–H and O–H groups in total. The van der Waals surface area contributed by atoms with E-state index in [-0.39, 0.29) is 5.75 Å². The van der Waals surface area contributed by atoms with Crippen molar-refractivity contribution in [1.82, 2.24) is 15.2 Å². The minimum absolute atomic E-state index is 0.181. The summed E-state index contributed by atoms with van der Waals surface area (Å²) in [5.41, 5.74) is 3.60. The molecule has 0 aliphatic carbocycles. The molecule has 5 heteroatoms. The Labute approximate surface area is 103 Å². The number of phenolic OH excluding ortho intramolecular Hbond substituents is 1. The molecular formula is C13H11N3O2. The summed E-state index contributed by atoms with van der Waals surface area (Å²) < 4.78 is 0. The number of aromatic hydroxyl groups is 1. The van der Waals surface area contributed by atoms with Gasteiger partial charge in [-0.3, -0.25) is 0 Å². The van der Waals surface area contributed by atoms with E-state index < -0.39 is 0 Å². The Kier molecular flexibility index (Phi) is 2.19. The Morgan fingerprint density at radius 2 is 1.89 bits per heavy atom. The average Bonchev–Trinajstić information content (AvgIpc) is 2.72. The lowest BCUT2D eigenvalue weighted by Crippen LogP contribution is -1.93. The Morgan fingerprint density at radius 3 is 2.72 bits per heavy atom. The number of aryl methyl sites for hydroxylation is 1. The molecule has 0 amide bonds. The predicted molar refractivity (Wildman–Crippen MR) is 66.6 cm³/mol. The highest BCUT2D eigenvalue weighted by atomic mass is 16.5. The summed E-state index contributed by atoms with van der Waals surface area (Å²) in [6.07, 6.45) is 0. The Hall–Kier alpha value is -2.56. The second kappa shape index (κ2) is 3.73. The number of benzene rings is 2. The molecule has 0 saturated heterocycles. The van der Waals surface area contributed by atoms with Gasteiger partial charge in [-0.25, -0.2) is 0 Å². The standard InChI is InChI=1S/C13H11N3O2/c1-8-5-6-12(17)10(7-8)9-3-2-4-11-13(9)15-16(18)14-11/h2-7,17-18H,1H3. The zero-order valence-electron chi connectivity index (χ0n) is 9.70. The molecule has 0 unspecified atom stereocenters. The van der Waals surface area contributed by atoms with Crippen LogP contribution in [0.4, 0.5) is 0 Å². The molecule has 0 bridgehead atoms. The van der Waals surface area contributed by atoms with Gasteiger partial charge in [0.1, 0.15) is 16.8 Å². The van der Waals surface area contributed by atoms with Crippen LogP contribution in [0, 0.1) is 6.92 Å². The fourth-order valence-corrected chi connectivity index (χ4v) is 2.01. The highest BCUT2D eigenvalue weighted by Crippen LogP contribution is 2.33. The van der Waals surface area contributed by atoms with Crippen LogP contribution in [0.5, 0.6) is 5.75 Å². The maximum atomic E-state index is 9.94. The van der Waals surface area contributed by atoms with E-state index in [1.165, 1.54) is 0 Å². The first-order valence-corrected chi connectivity index (χ1v) is 5.50. The Morgan fingerprint density at radius 1 is 1.06 bits per heavy atom. The summed E-state index contributed by atoms with van der Waals surface area (Å²) in [5, 5.41) is 27.0. The highest BCUT2D eigenvalue weighted by Gasteiger charge is 2.12. The molecule has 0 atom stereocenters. The van der Waals surface area contributed by atoms with Crippen LogP contribution in [-0.4, -0.2) is 25.5 Å². The molecular weight excluding hydrogens is 230 g/mol. The third-order valence-corrected chi connectivity index (χ3v) is 2.84. The first-order chi connectivity index (χ1) is 8.65. The fourth-order valence-electron chi connectivity index (χ4n) is 2.01. The van der Waals surface area contributed by atoms with Gasteiger partial charge >= 0.3 is 0 Å². The van der Waals surface area contributed by atoms with Crippen LogP contribution in [0.2, 0.25) is 0 Å². The van der Waals surface area contributed by atoms with Gasteiger partial charge in [-0.1, -0.05) is 23.8 Å². The monoisotopic (exact) mass is 241 g/mol. The maximum absolute atomic E-state index is 9.94. The lowest BCUT2D eigenvalue weighted by Gasteiger charge is -2.06. The van der Waals surface area contributed by atoms with Gasteiger partial charge in [0.05, 0.1) is 0 Å². The summed E-state index contributed by atoms with van der Waals surface area (Å²) >= 11 is 0. The van der Waals surface area contributed by atoms with Gasteiger partial charge in [0, 0.05) is 11.1 Å². The van der Waals surface area contributed by atoms with E-state index in [1.54, 1.807) is 12.1 Å². The van der Waals surface area contributed by atoms with Crippen LogP contribution in [0.1, 0.15) is 5.56 Å². The van der Waals surface area contributed by atoms with E-state index in [4.69, 9.17) is 0 Å². The van der Waals surface area contributed by atoms with Gasteiger partial charge in [0.2, 0.25) is 0 Å². The molecule has 0 radical (unpaired) electrons. The molecule has 0 aliphatic heterocycles. The van der Waals surface area contributed by atoms with Crippen molar-refractivity contribution in [2.24, 2.45) is 0 Å². The van der Waals surface area contributed by atoms with Crippen LogP contribution in [0.3, 0.4) is 0 Å². The normalized spacial score (nSPS) is 10.9. The van der Waals surface area contributed by atoms with E-state index in [1.807, 2.05) is 31.2 Å². The number of fused-ring (bicyclic) bond motifs is 1. The summed E-state index contributed by atoms with van der Waals surface area (Å²) in [7, 11) is 0. The van der Waals surface area contributed by atoms with Crippen LogP contribution in [0.15, 0.2) is 36.4 Å². The second-order valence-electron chi connectivity index (χ2n) is 4.16. The summed E-state index contributed by atoms with van der Waals surface area (Å²) in [5.74, 6) is 0.181. The lowest BCUT2D eigenvalue weighted by atomic mass is 10.0. The van der Waals surface area contributed by atoms with Gasteiger partial charge in [0.25, 0.3) is 0 Å². The highest BCUT2D eigenvalue weighted by molar-refractivity contribution is 5.93. The molecule has 1 aromatic heterocycles. The largest absolute Gasteiger partial charge is 0.507 e. The SMILES string of the molecule is Cc1ccc(O)c(-c2cccc3nn(O)nc23)c1. The van der Waals surface area contributed by atoms with E-state index >= 15 is 0 Å². The molecule has 5 nitrogen and oxygen atoms in total. The number of phenols is 1. The Balaban J connectivity index is 2.34. The van der Waals surface area contributed by atoms with Crippen LogP contribution < -0.4 is 0 Å². The van der Waals surface area contributed by atoms with Gasteiger partial charge in [-0.2, -0.15) is 0 Å². The average molecular weight is 241 g/mol. The van der Waals surface area contributed by atoms with Crippen LogP contribution in [0.25, 0.3) is 22.2 Å². The number of rotatable bonds is 1. The zero-order valence-corrected chi connectivity index (χ0v) is 9.70. The minimum Gasteiger partial charge on any atom is -0.507 e. The molecule has 90 valence electrons. The van der Waals surface area contributed by atoms with E-state index in [9.17, 15) is 10.3 Å². The molecule has 0 spiro atoms. The van der Waals surface area contributed by atoms with E-state index in [2.05, 4.69) is 10.2 Å². The molecule has 0 fully saturated rings. The minimum atomic E-state index is 0.181. The predicted octanol–water partition coefficient (Wildman–Crippen LogP) is 2.35. The van der Waals surface area contributed by atoms with Crippen molar-refractivity contribution in [3.05, 3.63) is 42.0 Å². The van der Waals surface area contributed by atoms with Crippen molar-refractivity contribution in [3.63, 3.8) is 0 Å². The molecule has 18 heavy (non-hydrogen) atoms. The Bertz CT molecular complexity index is 734. The van der Waals surface area contributed by atoms with Crippen molar-refractivity contribution in [2.45, 2.75) is 6.92 Å². The van der Waals surface area contributed by atoms with E-state index in [0.29, 0.717) is 21.6 Å². The van der Waals surface area contributed by atoms with E-state index in [0.717, 1.165) is 11.1 Å². The topological polar surface area (TPSA) is 71.2 Å². The van der Waals surface area contributed by atoms with Crippen LogP contribution >= 0.6 is 0 Å². The molecule has 0 aliphatic rings. The molecule has 3 rings (SSSR count). The molecule has 2 aromatic carbocycles. The molecule has 3 aromatic rings. The van der Waals surface area contributed by atoms with Gasteiger partial charge in [0.15, 0.2) is 0 Å². The van der Waals surface area contributed by atoms with Gasteiger partial charge in [-0.05, 0) is 30.1 Å². The quantitative estimate of drug-likeness (QED) is 0.641. The smallest absolute Gasteiger partial charge is 0.124 e. The second-order valence-corrected chi connectivity index (χ2v) is 4.16. The van der Waals surface area contributed by atoms with Gasteiger partial charge in [-0.15, -0.1) is 10.2 Å². The summed E-state index contributed by atoms with van der Waals surface area (Å²) in [6, 6.07) is 10.8. The number of hydrogen-bond donors (Lipinski definition) is 2. The first kappa shape index (κ1) is 10.6. The summed E-state index contributed by atoms with van der Waals surface area (Å²) in [6.45, 7) is 1.95. The first-order valence-electron chi connectivity index (χ1n) is 5.50. The van der Waals surface area contributed by atoms with Crippen molar-refractivity contribution in [3.8, 4) is 16.9 Å². The third kappa shape index (κ3) is 1.57. The molecule has 1 heterocycles. The number of nitrogens with zero attached hydrogens (tertiary/aromatic N) is 3. The van der Waals surface area contributed by atoms with Crippen molar-refractivity contribution in [1.29, 1.82) is 0 Å². The fraction of sp³-hybridized carbons (Fsp3) is 0.0769. The van der Waals surface area contributed by atoms with Crippen molar-refractivity contribution < 1.29 is 10.3 Å². The third-order valence-electron chi connectivity index (χ3n) is 2.84. The number of aromatic nitrogens is 3. The van der Waals surface area contributed by atoms with Gasteiger partial charge < -0.3 is 10.3 Å². The lowest BCUT2D eigenvalue weighted by molar-refractivity contribution is 0.113. The molecule has 0 saturated carbocycles. The summed E-state index contributed by atoms with van der Waals surface area (Å²) in [4.78, 5) is 0.543. The van der Waals surface area contributed by atoms with Crippen molar-refractivity contribution >= 4 is 11.0 Å². The maximum Gasteiger partial charge on any atom is 0.124 e. The number of hydrogen-bond acceptors (Lipinski definition) is 4. The zero-order chi connectivity index (χ0) is 12.7. The van der Waals surface area contributed by atoms with Crippen LogP contribution in [-0.2, 0) is 0 Å².